The molecule has 1 amide bonds. The molecule has 0 unspecified atom stereocenters. The van der Waals surface area contributed by atoms with Gasteiger partial charge in [0.1, 0.15) is 23.6 Å². The predicted molar refractivity (Wildman–Crippen MR) is 101 cm³/mol. The Balaban J connectivity index is 1.82. The lowest BCUT2D eigenvalue weighted by Gasteiger charge is -2.18. The van der Waals surface area contributed by atoms with Crippen LogP contribution < -0.4 is 10.2 Å². The molecule has 1 fully saturated rings. The molecule has 0 radical (unpaired) electrons. The van der Waals surface area contributed by atoms with Crippen LogP contribution in [-0.2, 0) is 4.74 Å². The van der Waals surface area contributed by atoms with Gasteiger partial charge in [0.25, 0.3) is 0 Å². The molecule has 0 bridgehead atoms. The number of ketones is 1. The Kier molecular flexibility index (Phi) is 4.61. The average molecular weight is 401 g/mol. The number of nitrogens with one attached hydrogen (secondary N) is 2. The predicted octanol–water partition coefficient (Wildman–Crippen LogP) is 3.24. The molecule has 29 heavy (non-hydrogen) atoms. The van der Waals surface area contributed by atoms with E-state index in [0.29, 0.717) is 22.9 Å². The Morgan fingerprint density at radius 1 is 1.28 bits per heavy atom. The molecule has 1 aliphatic rings. The molecule has 8 nitrogen and oxygen atoms in total. The number of hydrogen-bond acceptors (Lipinski definition) is 6. The summed E-state index contributed by atoms with van der Waals surface area (Å²) in [5.74, 6) is -2.62. The van der Waals surface area contributed by atoms with E-state index < -0.39 is 29.1 Å². The summed E-state index contributed by atoms with van der Waals surface area (Å²) >= 11 is 0. The first kappa shape index (κ1) is 18.8. The van der Waals surface area contributed by atoms with Crippen LogP contribution in [0.4, 0.5) is 25.1 Å². The lowest BCUT2D eigenvalue weighted by molar-refractivity contribution is 0.103. The second-order valence-electron chi connectivity index (χ2n) is 6.69. The van der Waals surface area contributed by atoms with Crippen LogP contribution >= 0.6 is 0 Å². The van der Waals surface area contributed by atoms with E-state index in [2.05, 4.69) is 25.0 Å². The molecule has 1 aromatic carbocycles. The summed E-state index contributed by atoms with van der Waals surface area (Å²) < 4.78 is 33.7. The van der Waals surface area contributed by atoms with Crippen molar-refractivity contribution in [2.24, 2.45) is 0 Å². The lowest BCUT2D eigenvalue weighted by atomic mass is 10.0. The Labute approximate surface area is 163 Å². The van der Waals surface area contributed by atoms with E-state index in [1.807, 2.05) is 11.9 Å². The number of ether oxygens (including phenoxy) is 1. The molecule has 2 aromatic heterocycles. The van der Waals surface area contributed by atoms with Gasteiger partial charge in [-0.2, -0.15) is 0 Å². The largest absolute Gasteiger partial charge is 0.453 e. The van der Waals surface area contributed by atoms with Crippen molar-refractivity contribution < 1.29 is 23.1 Å². The topological polar surface area (TPSA) is 100 Å². The van der Waals surface area contributed by atoms with Crippen LogP contribution in [0.25, 0.3) is 11.0 Å². The number of carbonyl (C=O) groups excluding carboxylic acids is 2. The monoisotopic (exact) mass is 401 g/mol. The van der Waals surface area contributed by atoms with Crippen molar-refractivity contribution in [3.05, 3.63) is 47.4 Å². The zero-order valence-electron chi connectivity index (χ0n) is 15.6. The van der Waals surface area contributed by atoms with Crippen molar-refractivity contribution >= 4 is 34.4 Å². The van der Waals surface area contributed by atoms with Gasteiger partial charge < -0.3 is 14.6 Å². The summed E-state index contributed by atoms with van der Waals surface area (Å²) in [7, 11) is 2.95. The number of rotatable bonds is 5. The first-order valence-electron chi connectivity index (χ1n) is 8.85. The van der Waals surface area contributed by atoms with Crippen molar-refractivity contribution in [3.8, 4) is 0 Å². The first-order valence-corrected chi connectivity index (χ1v) is 8.85. The Bertz CT molecular complexity index is 1130. The van der Waals surface area contributed by atoms with Crippen molar-refractivity contribution in [1.29, 1.82) is 0 Å². The lowest BCUT2D eigenvalue weighted by Crippen LogP contribution is -2.21. The third-order valence-electron chi connectivity index (χ3n) is 4.86. The molecule has 2 heterocycles. The number of aromatic amines is 1. The number of aromatic nitrogens is 3. The van der Waals surface area contributed by atoms with Crippen LogP contribution in [0.3, 0.4) is 0 Å². The molecule has 4 rings (SSSR count). The number of hydrogen-bond donors (Lipinski definition) is 2. The van der Waals surface area contributed by atoms with Crippen molar-refractivity contribution in [2.45, 2.75) is 18.9 Å². The van der Waals surface area contributed by atoms with Gasteiger partial charge in [-0.15, -0.1) is 0 Å². The molecule has 1 saturated carbocycles. The van der Waals surface area contributed by atoms with Gasteiger partial charge in [0.2, 0.25) is 5.78 Å². The molecule has 0 saturated heterocycles. The maximum atomic E-state index is 14.9. The molecule has 150 valence electrons. The average Bonchev–Trinajstić information content (AvgIpc) is 3.47. The summed E-state index contributed by atoms with van der Waals surface area (Å²) in [6.07, 6.45) is 3.78. The molecular weight excluding hydrogens is 384 g/mol. The SMILES string of the molecule is COC(=O)Nc1ccc(F)c(C(=O)c2c[nH]c3ncnc(N(C)C4CC4)c23)c1F. The number of H-pyrrole nitrogens is 1. The van der Waals surface area contributed by atoms with Crippen LogP contribution in [0, 0.1) is 11.6 Å². The summed E-state index contributed by atoms with van der Waals surface area (Å²) in [6.45, 7) is 0. The normalized spacial score (nSPS) is 13.4. The highest BCUT2D eigenvalue weighted by molar-refractivity contribution is 6.18. The number of nitrogens with zero attached hydrogens (tertiary/aromatic N) is 3. The summed E-state index contributed by atoms with van der Waals surface area (Å²) in [5.41, 5.74) is -0.733. The molecule has 3 aromatic rings. The van der Waals surface area contributed by atoms with Crippen LogP contribution in [0.1, 0.15) is 28.8 Å². The molecular formula is C19H17F2N5O3. The molecule has 1 aliphatic carbocycles. The molecule has 2 N–H and O–H groups in total. The maximum absolute atomic E-state index is 14.9. The van der Waals surface area contributed by atoms with Gasteiger partial charge >= 0.3 is 6.09 Å². The minimum atomic E-state index is -1.19. The quantitative estimate of drug-likeness (QED) is 0.637. The minimum absolute atomic E-state index is 0.0381. The zero-order valence-corrected chi connectivity index (χ0v) is 15.6. The fourth-order valence-electron chi connectivity index (χ4n) is 3.18. The van der Waals surface area contributed by atoms with Gasteiger partial charge in [0.15, 0.2) is 5.82 Å². The van der Waals surface area contributed by atoms with E-state index in [4.69, 9.17) is 0 Å². The highest BCUT2D eigenvalue weighted by atomic mass is 19.1. The van der Waals surface area contributed by atoms with Gasteiger partial charge in [-0.1, -0.05) is 0 Å². The Hall–Kier alpha value is -3.56. The standard InChI is InChI=1S/C19H17F2N5O3/c1-26(9-3-4-9)18-13-10(7-22-17(13)23-8-24-18)16(27)14-11(20)5-6-12(15(14)21)25-19(28)29-2/h5-9H,3-4H2,1-2H3,(H,25,28)(H,22,23,24). The van der Waals surface area contributed by atoms with Crippen molar-refractivity contribution in [2.75, 3.05) is 24.4 Å². The van der Waals surface area contributed by atoms with E-state index in [9.17, 15) is 18.4 Å². The van der Waals surface area contributed by atoms with Gasteiger partial charge in [0, 0.05) is 19.3 Å². The second-order valence-corrected chi connectivity index (χ2v) is 6.69. The van der Waals surface area contributed by atoms with Crippen molar-refractivity contribution in [3.63, 3.8) is 0 Å². The third kappa shape index (κ3) is 3.26. The van der Waals surface area contributed by atoms with Gasteiger partial charge in [0.05, 0.1) is 29.3 Å². The molecule has 0 atom stereocenters. The van der Waals surface area contributed by atoms with Gasteiger partial charge in [-0.3, -0.25) is 10.1 Å². The number of benzene rings is 1. The summed E-state index contributed by atoms with van der Waals surface area (Å²) in [6, 6.07) is 2.22. The van der Waals surface area contributed by atoms with Crippen LogP contribution in [0.2, 0.25) is 0 Å². The van der Waals surface area contributed by atoms with E-state index in [1.165, 1.54) is 12.5 Å². The number of halogens is 2. The summed E-state index contributed by atoms with van der Waals surface area (Å²) in [5, 5.41) is 2.51. The van der Waals surface area contributed by atoms with Crippen LogP contribution in [-0.4, -0.2) is 47.0 Å². The smallest absolute Gasteiger partial charge is 0.411 e. The number of carbonyl (C=O) groups is 2. The zero-order chi connectivity index (χ0) is 20.7. The summed E-state index contributed by atoms with van der Waals surface area (Å²) in [4.78, 5) is 37.7. The van der Waals surface area contributed by atoms with Crippen LogP contribution in [0.15, 0.2) is 24.7 Å². The Morgan fingerprint density at radius 3 is 2.72 bits per heavy atom. The van der Waals surface area contributed by atoms with E-state index in [0.717, 1.165) is 32.1 Å². The molecule has 0 aliphatic heterocycles. The highest BCUT2D eigenvalue weighted by Gasteiger charge is 2.31. The number of fused-ring (bicyclic) bond motifs is 1. The van der Waals surface area contributed by atoms with Gasteiger partial charge in [-0.05, 0) is 25.0 Å². The fraction of sp³-hybridized carbons (Fsp3) is 0.263. The number of methoxy groups -OCH3 is 1. The van der Waals surface area contributed by atoms with E-state index >= 15 is 0 Å². The molecule has 0 spiro atoms. The van der Waals surface area contributed by atoms with E-state index in [-0.39, 0.29) is 11.3 Å². The number of amides is 1. The fourth-order valence-corrected chi connectivity index (χ4v) is 3.18. The van der Waals surface area contributed by atoms with Crippen molar-refractivity contribution in [1.82, 2.24) is 15.0 Å². The molecule has 10 heteroatoms. The highest BCUT2D eigenvalue weighted by Crippen LogP contribution is 2.35. The third-order valence-corrected chi connectivity index (χ3v) is 4.86. The maximum Gasteiger partial charge on any atom is 0.411 e. The second kappa shape index (κ2) is 7.12. The van der Waals surface area contributed by atoms with E-state index in [1.54, 1.807) is 0 Å². The number of anilines is 2. The minimum Gasteiger partial charge on any atom is -0.453 e. The van der Waals surface area contributed by atoms with Gasteiger partial charge in [-0.25, -0.2) is 23.5 Å². The first-order chi connectivity index (χ1) is 13.9. The van der Waals surface area contributed by atoms with Crippen LogP contribution in [0.5, 0.6) is 0 Å². The Morgan fingerprint density at radius 2 is 2.03 bits per heavy atom.